The molecule has 0 bridgehead atoms. The Balaban J connectivity index is 1.83. The van der Waals surface area contributed by atoms with Gasteiger partial charge in [-0.2, -0.15) is 9.61 Å². The Labute approximate surface area is 120 Å². The van der Waals surface area contributed by atoms with Gasteiger partial charge >= 0.3 is 0 Å². The van der Waals surface area contributed by atoms with Crippen LogP contribution in [-0.2, 0) is 6.54 Å². The molecule has 108 valence electrons. The molecule has 2 aromatic rings. The molecule has 20 heavy (non-hydrogen) atoms. The van der Waals surface area contributed by atoms with Gasteiger partial charge in [-0.15, -0.1) is 0 Å². The Bertz CT molecular complexity index is 633. The third-order valence-electron chi connectivity index (χ3n) is 3.83. The predicted octanol–water partition coefficient (Wildman–Crippen LogP) is 0.888. The summed E-state index contributed by atoms with van der Waals surface area (Å²) < 4.78 is 1.32. The molecule has 6 nitrogen and oxygen atoms in total. The van der Waals surface area contributed by atoms with Gasteiger partial charge in [0.25, 0.3) is 5.56 Å². The van der Waals surface area contributed by atoms with E-state index in [0.717, 1.165) is 5.69 Å². The van der Waals surface area contributed by atoms with E-state index in [1.165, 1.54) is 41.5 Å². The number of aliphatic hydroxyl groups excluding tert-OH is 1. The highest BCUT2D eigenvalue weighted by atomic mass is 32.1. The minimum Gasteiger partial charge on any atom is -0.395 e. The van der Waals surface area contributed by atoms with Gasteiger partial charge in [-0.05, 0) is 12.8 Å². The molecule has 0 atom stereocenters. The van der Waals surface area contributed by atoms with Crippen molar-refractivity contribution in [3.8, 4) is 0 Å². The maximum absolute atomic E-state index is 11.9. The van der Waals surface area contributed by atoms with Crippen LogP contribution in [0.4, 0.5) is 0 Å². The lowest BCUT2D eigenvalue weighted by atomic mass is 10.2. The van der Waals surface area contributed by atoms with Crippen molar-refractivity contribution < 1.29 is 5.11 Å². The molecular formula is C13H18N4O2S. The maximum Gasteiger partial charge on any atom is 0.275 e. The van der Waals surface area contributed by atoms with Crippen LogP contribution in [0.2, 0.25) is 0 Å². The third-order valence-corrected chi connectivity index (χ3v) is 4.51. The largest absolute Gasteiger partial charge is 0.395 e. The van der Waals surface area contributed by atoms with E-state index >= 15 is 0 Å². The Kier molecular flexibility index (Phi) is 4.09. The topological polar surface area (TPSA) is 70.7 Å². The highest BCUT2D eigenvalue weighted by molar-refractivity contribution is 7.14. The number of aromatic nitrogens is 3. The molecule has 2 heterocycles. The van der Waals surface area contributed by atoms with E-state index in [1.54, 1.807) is 11.6 Å². The van der Waals surface area contributed by atoms with Gasteiger partial charge in [0.1, 0.15) is 5.51 Å². The Morgan fingerprint density at radius 3 is 3.00 bits per heavy atom. The van der Waals surface area contributed by atoms with Gasteiger partial charge in [-0.3, -0.25) is 9.69 Å². The molecule has 0 unspecified atom stereocenters. The van der Waals surface area contributed by atoms with Gasteiger partial charge in [-0.25, -0.2) is 4.98 Å². The lowest BCUT2D eigenvalue weighted by Crippen LogP contribution is -2.35. The Morgan fingerprint density at radius 2 is 2.25 bits per heavy atom. The minimum absolute atomic E-state index is 0.137. The molecule has 0 spiro atoms. The van der Waals surface area contributed by atoms with E-state index in [-0.39, 0.29) is 12.2 Å². The number of hydrogen-bond donors (Lipinski definition) is 1. The molecule has 1 saturated carbocycles. The van der Waals surface area contributed by atoms with Gasteiger partial charge in [0.2, 0.25) is 4.96 Å². The van der Waals surface area contributed by atoms with Crippen LogP contribution >= 0.6 is 11.3 Å². The first kappa shape index (κ1) is 13.7. The smallest absolute Gasteiger partial charge is 0.275 e. The van der Waals surface area contributed by atoms with E-state index in [9.17, 15) is 9.90 Å². The van der Waals surface area contributed by atoms with E-state index in [4.69, 9.17) is 0 Å². The van der Waals surface area contributed by atoms with E-state index in [2.05, 4.69) is 15.0 Å². The first-order valence-corrected chi connectivity index (χ1v) is 7.83. The van der Waals surface area contributed by atoms with Crippen LogP contribution in [0.5, 0.6) is 0 Å². The number of nitrogens with zero attached hydrogens (tertiary/aromatic N) is 4. The Morgan fingerprint density at radius 1 is 1.45 bits per heavy atom. The van der Waals surface area contributed by atoms with Crippen LogP contribution < -0.4 is 5.56 Å². The van der Waals surface area contributed by atoms with Gasteiger partial charge in [0, 0.05) is 25.2 Å². The molecule has 0 aromatic carbocycles. The third kappa shape index (κ3) is 2.74. The molecular weight excluding hydrogens is 276 g/mol. The first-order valence-electron chi connectivity index (χ1n) is 6.95. The van der Waals surface area contributed by atoms with Gasteiger partial charge < -0.3 is 5.11 Å². The average Bonchev–Trinajstić information content (AvgIpc) is 3.09. The maximum atomic E-state index is 11.9. The monoisotopic (exact) mass is 294 g/mol. The number of rotatable bonds is 5. The second-order valence-electron chi connectivity index (χ2n) is 5.15. The van der Waals surface area contributed by atoms with Crippen molar-refractivity contribution in [3.63, 3.8) is 0 Å². The van der Waals surface area contributed by atoms with Crippen LogP contribution in [0.1, 0.15) is 31.4 Å². The second kappa shape index (κ2) is 5.99. The molecule has 1 aliphatic rings. The number of aliphatic hydroxyl groups is 1. The molecule has 0 radical (unpaired) electrons. The van der Waals surface area contributed by atoms with Crippen molar-refractivity contribution in [2.24, 2.45) is 0 Å². The fourth-order valence-corrected chi connectivity index (χ4v) is 3.52. The van der Waals surface area contributed by atoms with Crippen LogP contribution in [0, 0.1) is 0 Å². The molecule has 1 N–H and O–H groups in total. The minimum atomic E-state index is -0.137. The van der Waals surface area contributed by atoms with E-state index in [1.807, 2.05) is 0 Å². The summed E-state index contributed by atoms with van der Waals surface area (Å²) in [6, 6.07) is 2.05. The summed E-state index contributed by atoms with van der Waals surface area (Å²) in [7, 11) is 0. The van der Waals surface area contributed by atoms with Gasteiger partial charge in [-0.1, -0.05) is 24.2 Å². The summed E-state index contributed by atoms with van der Waals surface area (Å²) in [6.45, 7) is 1.39. The molecule has 3 rings (SSSR count). The van der Waals surface area contributed by atoms with Gasteiger partial charge in [0.15, 0.2) is 0 Å². The van der Waals surface area contributed by atoms with Crippen molar-refractivity contribution in [3.05, 3.63) is 27.6 Å². The van der Waals surface area contributed by atoms with Crippen LogP contribution in [0.15, 0.2) is 16.4 Å². The molecule has 2 aromatic heterocycles. The van der Waals surface area contributed by atoms with Crippen molar-refractivity contribution in [1.29, 1.82) is 0 Å². The summed E-state index contributed by atoms with van der Waals surface area (Å²) in [6.07, 6.45) is 4.83. The molecule has 7 heteroatoms. The van der Waals surface area contributed by atoms with E-state index < -0.39 is 0 Å². The SMILES string of the molecule is O=c1cc(CN(CCO)C2CCCC2)nc2scnn12. The molecule has 0 amide bonds. The van der Waals surface area contributed by atoms with Crippen molar-refractivity contribution >= 4 is 16.3 Å². The Hall–Kier alpha value is -1.31. The summed E-state index contributed by atoms with van der Waals surface area (Å²) in [5, 5.41) is 13.2. The second-order valence-corrected chi connectivity index (χ2v) is 5.96. The fourth-order valence-electron chi connectivity index (χ4n) is 2.88. The predicted molar refractivity (Wildman–Crippen MR) is 76.9 cm³/mol. The van der Waals surface area contributed by atoms with Crippen molar-refractivity contribution in [2.45, 2.75) is 38.3 Å². The molecule has 1 fully saturated rings. The van der Waals surface area contributed by atoms with Gasteiger partial charge in [0.05, 0.1) is 12.3 Å². The quantitative estimate of drug-likeness (QED) is 0.886. The van der Waals surface area contributed by atoms with Crippen LogP contribution in [0.3, 0.4) is 0 Å². The molecule has 0 saturated heterocycles. The number of hydrogen-bond acceptors (Lipinski definition) is 6. The molecule has 0 aliphatic heterocycles. The summed E-state index contributed by atoms with van der Waals surface area (Å²) in [5.74, 6) is 0. The zero-order valence-corrected chi connectivity index (χ0v) is 12.1. The lowest BCUT2D eigenvalue weighted by molar-refractivity contribution is 0.143. The highest BCUT2D eigenvalue weighted by Crippen LogP contribution is 2.24. The summed E-state index contributed by atoms with van der Waals surface area (Å²) in [4.78, 5) is 19.3. The zero-order valence-electron chi connectivity index (χ0n) is 11.2. The lowest BCUT2D eigenvalue weighted by Gasteiger charge is -2.27. The summed E-state index contributed by atoms with van der Waals surface area (Å²) >= 11 is 1.36. The molecule has 1 aliphatic carbocycles. The summed E-state index contributed by atoms with van der Waals surface area (Å²) in [5.41, 5.74) is 2.25. The number of fused-ring (bicyclic) bond motifs is 1. The standard InChI is InChI=1S/C13H18N4O2S/c18-6-5-16(11-3-1-2-4-11)8-10-7-12(19)17-13(15-10)20-9-14-17/h7,9,11,18H,1-6,8H2. The van der Waals surface area contributed by atoms with Crippen LogP contribution in [-0.4, -0.2) is 43.8 Å². The highest BCUT2D eigenvalue weighted by Gasteiger charge is 2.22. The zero-order chi connectivity index (χ0) is 13.9. The van der Waals surface area contributed by atoms with Crippen LogP contribution in [0.25, 0.3) is 4.96 Å². The van der Waals surface area contributed by atoms with E-state index in [0.29, 0.717) is 24.1 Å². The normalized spacial score (nSPS) is 16.5. The average molecular weight is 294 g/mol. The van der Waals surface area contributed by atoms with Crippen molar-refractivity contribution in [1.82, 2.24) is 19.5 Å². The first-order chi connectivity index (χ1) is 9.78. The fraction of sp³-hybridized carbons (Fsp3) is 0.615. The van der Waals surface area contributed by atoms with Crippen molar-refractivity contribution in [2.75, 3.05) is 13.2 Å².